The summed E-state index contributed by atoms with van der Waals surface area (Å²) >= 11 is 0. The molecular weight excluding hydrogens is 342 g/mol. The highest BCUT2D eigenvalue weighted by molar-refractivity contribution is 6.09. The SMILES string of the molecule is C[C@H]1Cc2cccc3c(O)c(C(=O)Nc4ccc(F)c(F)c4)c(=O)n1c23. The Kier molecular flexibility index (Phi) is 3.54. The molecule has 0 unspecified atom stereocenters. The number of nitrogens with one attached hydrogen (secondary N) is 1. The zero-order valence-corrected chi connectivity index (χ0v) is 13.7. The predicted molar refractivity (Wildman–Crippen MR) is 92.6 cm³/mol. The van der Waals surface area contributed by atoms with E-state index in [1.165, 1.54) is 10.6 Å². The van der Waals surface area contributed by atoms with Crippen LogP contribution in [0, 0.1) is 11.6 Å². The Morgan fingerprint density at radius 2 is 2.00 bits per heavy atom. The summed E-state index contributed by atoms with van der Waals surface area (Å²) in [6.07, 6.45) is 0.625. The fraction of sp³-hybridized carbons (Fsp3) is 0.158. The molecule has 26 heavy (non-hydrogen) atoms. The highest BCUT2D eigenvalue weighted by atomic mass is 19.2. The lowest BCUT2D eigenvalue weighted by Crippen LogP contribution is -2.30. The third-order valence-electron chi connectivity index (χ3n) is 4.65. The van der Waals surface area contributed by atoms with Crippen molar-refractivity contribution in [2.75, 3.05) is 5.32 Å². The van der Waals surface area contributed by atoms with Crippen LogP contribution in [0.15, 0.2) is 41.2 Å². The van der Waals surface area contributed by atoms with Gasteiger partial charge in [-0.05, 0) is 37.1 Å². The molecule has 0 spiro atoms. The van der Waals surface area contributed by atoms with Crippen LogP contribution in [-0.4, -0.2) is 15.6 Å². The van der Waals surface area contributed by atoms with Gasteiger partial charge >= 0.3 is 0 Å². The van der Waals surface area contributed by atoms with E-state index in [-0.39, 0.29) is 11.7 Å². The van der Waals surface area contributed by atoms with Gasteiger partial charge in [0.25, 0.3) is 11.5 Å². The van der Waals surface area contributed by atoms with E-state index in [1.54, 1.807) is 12.1 Å². The average molecular weight is 356 g/mol. The fourth-order valence-electron chi connectivity index (χ4n) is 3.49. The zero-order valence-electron chi connectivity index (χ0n) is 13.7. The molecular formula is C19H14F2N2O3. The number of anilines is 1. The summed E-state index contributed by atoms with van der Waals surface area (Å²) < 4.78 is 27.9. The number of hydrogen-bond donors (Lipinski definition) is 2. The molecule has 3 aromatic rings. The van der Waals surface area contributed by atoms with Gasteiger partial charge in [-0.25, -0.2) is 8.78 Å². The molecule has 2 N–H and O–H groups in total. The third-order valence-corrected chi connectivity index (χ3v) is 4.65. The van der Waals surface area contributed by atoms with Crippen molar-refractivity contribution < 1.29 is 18.7 Å². The number of pyridine rings is 1. The molecule has 0 saturated heterocycles. The number of para-hydroxylation sites is 1. The first-order valence-corrected chi connectivity index (χ1v) is 8.04. The number of nitrogens with zero attached hydrogens (tertiary/aromatic N) is 1. The van der Waals surface area contributed by atoms with Crippen molar-refractivity contribution >= 4 is 22.5 Å². The number of carbonyl (C=O) groups excluding carboxylic acids is 1. The van der Waals surface area contributed by atoms with Crippen LogP contribution in [0.3, 0.4) is 0 Å². The van der Waals surface area contributed by atoms with Crippen molar-refractivity contribution in [2.45, 2.75) is 19.4 Å². The largest absolute Gasteiger partial charge is 0.506 e. The smallest absolute Gasteiger partial charge is 0.268 e. The molecule has 2 heterocycles. The van der Waals surface area contributed by atoms with Crippen LogP contribution in [0.2, 0.25) is 0 Å². The molecule has 0 saturated carbocycles. The van der Waals surface area contributed by atoms with E-state index in [0.717, 1.165) is 17.7 Å². The summed E-state index contributed by atoms with van der Waals surface area (Å²) in [6.45, 7) is 1.86. The first-order valence-electron chi connectivity index (χ1n) is 8.04. The molecule has 0 radical (unpaired) electrons. The summed E-state index contributed by atoms with van der Waals surface area (Å²) in [6, 6.07) is 7.96. The summed E-state index contributed by atoms with van der Waals surface area (Å²) in [7, 11) is 0. The molecule has 1 aliphatic rings. The predicted octanol–water partition coefficient (Wildman–Crippen LogP) is 3.35. The van der Waals surface area contributed by atoms with Gasteiger partial charge in [-0.1, -0.05) is 12.1 Å². The van der Waals surface area contributed by atoms with Crippen LogP contribution >= 0.6 is 0 Å². The molecule has 0 bridgehead atoms. The molecule has 1 aliphatic heterocycles. The lowest BCUT2D eigenvalue weighted by Gasteiger charge is -2.14. The lowest BCUT2D eigenvalue weighted by atomic mass is 10.1. The van der Waals surface area contributed by atoms with E-state index < -0.39 is 34.4 Å². The topological polar surface area (TPSA) is 71.3 Å². The monoisotopic (exact) mass is 356 g/mol. The number of rotatable bonds is 2. The fourth-order valence-corrected chi connectivity index (χ4v) is 3.49. The van der Waals surface area contributed by atoms with Crippen molar-refractivity contribution in [2.24, 2.45) is 0 Å². The minimum Gasteiger partial charge on any atom is -0.506 e. The van der Waals surface area contributed by atoms with Gasteiger partial charge in [0, 0.05) is 23.2 Å². The number of halogens is 2. The first kappa shape index (κ1) is 16.3. The molecule has 5 nitrogen and oxygen atoms in total. The third kappa shape index (κ3) is 2.28. The maximum Gasteiger partial charge on any atom is 0.268 e. The molecule has 1 amide bonds. The number of benzene rings is 2. The maximum absolute atomic E-state index is 13.3. The van der Waals surface area contributed by atoms with Crippen LogP contribution in [-0.2, 0) is 6.42 Å². The highest BCUT2D eigenvalue weighted by Gasteiger charge is 2.29. The van der Waals surface area contributed by atoms with Gasteiger partial charge in [-0.2, -0.15) is 0 Å². The molecule has 1 atom stereocenters. The van der Waals surface area contributed by atoms with E-state index in [1.807, 2.05) is 13.0 Å². The van der Waals surface area contributed by atoms with Crippen molar-refractivity contribution in [3.05, 3.63) is 69.5 Å². The standard InChI is InChI=1S/C19H14F2N2O3/c1-9-7-10-3-2-4-12-16(10)23(9)19(26)15(17(12)24)18(25)22-11-5-6-13(20)14(21)8-11/h2-6,8-9,24H,7H2,1H3,(H,22,25)/t9-/m0/s1. The summed E-state index contributed by atoms with van der Waals surface area (Å²) in [5, 5.41) is 13.3. The van der Waals surface area contributed by atoms with Gasteiger partial charge in [0.2, 0.25) is 0 Å². The number of aromatic nitrogens is 1. The second-order valence-corrected chi connectivity index (χ2v) is 6.35. The first-order chi connectivity index (χ1) is 12.4. The molecule has 1 aromatic heterocycles. The van der Waals surface area contributed by atoms with E-state index in [4.69, 9.17) is 0 Å². The van der Waals surface area contributed by atoms with Gasteiger partial charge in [-0.3, -0.25) is 9.59 Å². The molecule has 0 fully saturated rings. The van der Waals surface area contributed by atoms with Crippen LogP contribution in [0.25, 0.3) is 10.9 Å². The van der Waals surface area contributed by atoms with Crippen molar-refractivity contribution in [1.82, 2.24) is 4.57 Å². The van der Waals surface area contributed by atoms with Crippen LogP contribution in [0.1, 0.15) is 28.9 Å². The summed E-state index contributed by atoms with van der Waals surface area (Å²) in [4.78, 5) is 25.4. The van der Waals surface area contributed by atoms with Gasteiger partial charge < -0.3 is 15.0 Å². The van der Waals surface area contributed by atoms with E-state index in [9.17, 15) is 23.5 Å². The van der Waals surface area contributed by atoms with Crippen LogP contribution < -0.4 is 10.9 Å². The van der Waals surface area contributed by atoms with E-state index >= 15 is 0 Å². The molecule has 132 valence electrons. The molecule has 2 aromatic carbocycles. The van der Waals surface area contributed by atoms with Gasteiger partial charge in [0.05, 0.1) is 5.52 Å². The van der Waals surface area contributed by atoms with Crippen molar-refractivity contribution in [3.8, 4) is 5.75 Å². The Morgan fingerprint density at radius 3 is 2.73 bits per heavy atom. The minimum atomic E-state index is -1.13. The maximum atomic E-state index is 13.3. The quantitative estimate of drug-likeness (QED) is 0.740. The number of aromatic hydroxyl groups is 1. The van der Waals surface area contributed by atoms with Gasteiger partial charge in [0.1, 0.15) is 11.3 Å². The summed E-state index contributed by atoms with van der Waals surface area (Å²) in [5.74, 6) is -3.48. The number of amides is 1. The van der Waals surface area contributed by atoms with Gasteiger partial charge in [0.15, 0.2) is 11.6 Å². The Hall–Kier alpha value is -3.22. The highest BCUT2D eigenvalue weighted by Crippen LogP contribution is 2.36. The second kappa shape index (κ2) is 5.66. The van der Waals surface area contributed by atoms with Crippen molar-refractivity contribution in [1.29, 1.82) is 0 Å². The Bertz CT molecular complexity index is 1140. The molecule has 4 rings (SSSR count). The number of carbonyl (C=O) groups is 1. The van der Waals surface area contributed by atoms with Crippen molar-refractivity contribution in [3.63, 3.8) is 0 Å². The normalized spacial score (nSPS) is 15.4. The van der Waals surface area contributed by atoms with Crippen LogP contribution in [0.4, 0.5) is 14.5 Å². The van der Waals surface area contributed by atoms with Gasteiger partial charge in [-0.15, -0.1) is 0 Å². The lowest BCUT2D eigenvalue weighted by molar-refractivity contribution is 0.102. The second-order valence-electron chi connectivity index (χ2n) is 6.35. The Morgan fingerprint density at radius 1 is 1.23 bits per heavy atom. The Labute approximate surface area is 146 Å². The van der Waals surface area contributed by atoms with E-state index in [0.29, 0.717) is 17.3 Å². The zero-order chi connectivity index (χ0) is 18.6. The summed E-state index contributed by atoms with van der Waals surface area (Å²) in [5.41, 5.74) is 0.485. The molecule has 0 aliphatic carbocycles. The average Bonchev–Trinajstić information content (AvgIpc) is 2.93. The van der Waals surface area contributed by atoms with E-state index in [2.05, 4.69) is 5.32 Å². The Balaban J connectivity index is 1.86. The number of hydrogen-bond acceptors (Lipinski definition) is 3. The minimum absolute atomic E-state index is 0.0176. The molecule has 7 heteroatoms. The van der Waals surface area contributed by atoms with Crippen LogP contribution in [0.5, 0.6) is 5.75 Å².